The first-order chi connectivity index (χ1) is 6.18. The third-order valence-corrected chi connectivity index (χ3v) is 2.07. The van der Waals surface area contributed by atoms with E-state index < -0.39 is 5.97 Å². The highest BCUT2D eigenvalue weighted by Gasteiger charge is 2.10. The molecule has 4 nitrogen and oxygen atoms in total. The quantitative estimate of drug-likeness (QED) is 0.732. The SMILES string of the molecule is O=C(O)c1cc2cn[nH]c2cc1Cl. The van der Waals surface area contributed by atoms with Crippen molar-refractivity contribution in [3.8, 4) is 0 Å². The summed E-state index contributed by atoms with van der Waals surface area (Å²) in [6, 6.07) is 3.04. The zero-order valence-electron chi connectivity index (χ0n) is 6.41. The molecule has 0 fully saturated rings. The van der Waals surface area contributed by atoms with E-state index in [0.29, 0.717) is 0 Å². The van der Waals surface area contributed by atoms with Crippen LogP contribution in [-0.4, -0.2) is 21.3 Å². The minimum absolute atomic E-state index is 0.0931. The molecule has 0 aliphatic carbocycles. The van der Waals surface area contributed by atoms with Crippen LogP contribution in [0.3, 0.4) is 0 Å². The van der Waals surface area contributed by atoms with Crippen molar-refractivity contribution in [1.29, 1.82) is 0 Å². The monoisotopic (exact) mass is 196 g/mol. The Morgan fingerprint density at radius 1 is 1.54 bits per heavy atom. The van der Waals surface area contributed by atoms with Gasteiger partial charge in [-0.3, -0.25) is 5.10 Å². The van der Waals surface area contributed by atoms with Crippen LogP contribution in [0, 0.1) is 0 Å². The molecule has 0 unspecified atom stereocenters. The molecule has 1 heterocycles. The Hall–Kier alpha value is -1.55. The van der Waals surface area contributed by atoms with E-state index in [0.717, 1.165) is 10.9 Å². The zero-order chi connectivity index (χ0) is 9.42. The molecular formula is C8H5ClN2O2. The second-order valence-corrected chi connectivity index (χ2v) is 3.00. The first-order valence-corrected chi connectivity index (χ1v) is 3.92. The van der Waals surface area contributed by atoms with Gasteiger partial charge in [0.05, 0.1) is 22.3 Å². The molecule has 0 atom stereocenters. The van der Waals surface area contributed by atoms with Crippen LogP contribution in [0.1, 0.15) is 10.4 Å². The Bertz CT molecular complexity index is 478. The topological polar surface area (TPSA) is 66.0 Å². The highest BCUT2D eigenvalue weighted by molar-refractivity contribution is 6.34. The number of carboxylic acids is 1. The summed E-state index contributed by atoms with van der Waals surface area (Å²) in [7, 11) is 0. The molecule has 0 amide bonds. The fourth-order valence-corrected chi connectivity index (χ4v) is 1.37. The minimum Gasteiger partial charge on any atom is -0.478 e. The largest absolute Gasteiger partial charge is 0.478 e. The Morgan fingerprint density at radius 3 is 3.00 bits per heavy atom. The number of rotatable bonds is 1. The van der Waals surface area contributed by atoms with Crippen molar-refractivity contribution in [3.63, 3.8) is 0 Å². The van der Waals surface area contributed by atoms with Gasteiger partial charge >= 0.3 is 5.97 Å². The van der Waals surface area contributed by atoms with Crippen LogP contribution in [0.5, 0.6) is 0 Å². The van der Waals surface area contributed by atoms with E-state index in [1.807, 2.05) is 0 Å². The number of fused-ring (bicyclic) bond motifs is 1. The Kier molecular flexibility index (Phi) is 1.70. The number of carbonyl (C=O) groups is 1. The summed E-state index contributed by atoms with van der Waals surface area (Å²) in [6.45, 7) is 0. The summed E-state index contributed by atoms with van der Waals surface area (Å²) >= 11 is 5.73. The van der Waals surface area contributed by atoms with Crippen molar-refractivity contribution < 1.29 is 9.90 Å². The zero-order valence-corrected chi connectivity index (χ0v) is 7.17. The van der Waals surface area contributed by atoms with Crippen LogP contribution >= 0.6 is 11.6 Å². The van der Waals surface area contributed by atoms with Crippen molar-refractivity contribution in [1.82, 2.24) is 10.2 Å². The third-order valence-electron chi connectivity index (χ3n) is 1.76. The van der Waals surface area contributed by atoms with Gasteiger partial charge in [0, 0.05) is 5.39 Å². The van der Waals surface area contributed by atoms with Gasteiger partial charge in [0.1, 0.15) is 0 Å². The molecule has 1 aromatic carbocycles. The van der Waals surface area contributed by atoms with Gasteiger partial charge in [0.15, 0.2) is 0 Å². The van der Waals surface area contributed by atoms with Gasteiger partial charge < -0.3 is 5.11 Å². The average Bonchev–Trinajstić information content (AvgIpc) is 2.48. The Balaban J connectivity index is 2.76. The summed E-state index contributed by atoms with van der Waals surface area (Å²) in [6.07, 6.45) is 1.55. The maximum absolute atomic E-state index is 10.7. The van der Waals surface area contributed by atoms with Crippen LogP contribution in [0.2, 0.25) is 5.02 Å². The highest BCUT2D eigenvalue weighted by Crippen LogP contribution is 2.22. The number of hydrogen-bond acceptors (Lipinski definition) is 2. The molecule has 0 radical (unpaired) electrons. The third kappa shape index (κ3) is 1.25. The summed E-state index contributed by atoms with van der Waals surface area (Å²) in [5, 5.41) is 16.2. The van der Waals surface area contributed by atoms with Crippen LogP contribution in [0.15, 0.2) is 18.3 Å². The van der Waals surface area contributed by atoms with Crippen molar-refractivity contribution >= 4 is 28.5 Å². The number of aromatic carboxylic acids is 1. The highest BCUT2D eigenvalue weighted by atomic mass is 35.5. The second-order valence-electron chi connectivity index (χ2n) is 2.59. The molecule has 0 spiro atoms. The molecule has 0 saturated carbocycles. The summed E-state index contributed by atoms with van der Waals surface area (Å²) in [5.41, 5.74) is 0.825. The van der Waals surface area contributed by atoms with E-state index in [-0.39, 0.29) is 10.6 Å². The predicted molar refractivity (Wildman–Crippen MR) is 48.1 cm³/mol. The summed E-state index contributed by atoms with van der Waals surface area (Å²) in [5.74, 6) is -1.03. The number of aromatic nitrogens is 2. The lowest BCUT2D eigenvalue weighted by atomic mass is 10.1. The fraction of sp³-hybridized carbons (Fsp3) is 0. The van der Waals surface area contributed by atoms with Gasteiger partial charge in [0.2, 0.25) is 0 Å². The smallest absolute Gasteiger partial charge is 0.337 e. The van der Waals surface area contributed by atoms with Gasteiger partial charge in [-0.1, -0.05) is 11.6 Å². The first kappa shape index (κ1) is 8.07. The average molecular weight is 197 g/mol. The lowest BCUT2D eigenvalue weighted by Gasteiger charge is -1.97. The van der Waals surface area contributed by atoms with Crippen LogP contribution in [0.25, 0.3) is 10.9 Å². The number of aromatic amines is 1. The van der Waals surface area contributed by atoms with Crippen LogP contribution < -0.4 is 0 Å². The van der Waals surface area contributed by atoms with E-state index in [9.17, 15) is 4.79 Å². The molecule has 2 N–H and O–H groups in total. The van der Waals surface area contributed by atoms with Crippen molar-refractivity contribution in [2.24, 2.45) is 0 Å². The fourth-order valence-electron chi connectivity index (χ4n) is 1.13. The molecule has 13 heavy (non-hydrogen) atoms. The Labute approximate surface area is 78.1 Å². The van der Waals surface area contributed by atoms with E-state index in [4.69, 9.17) is 16.7 Å². The number of benzene rings is 1. The second kappa shape index (κ2) is 2.74. The molecule has 0 aliphatic rings. The van der Waals surface area contributed by atoms with Crippen molar-refractivity contribution in [2.75, 3.05) is 0 Å². The number of halogens is 1. The summed E-state index contributed by atoms with van der Waals surface area (Å²) in [4.78, 5) is 10.7. The number of H-pyrrole nitrogens is 1. The first-order valence-electron chi connectivity index (χ1n) is 3.54. The van der Waals surface area contributed by atoms with Crippen molar-refractivity contribution in [3.05, 3.63) is 28.9 Å². The van der Waals surface area contributed by atoms with E-state index in [1.165, 1.54) is 6.07 Å². The number of carboxylic acid groups (broad SMARTS) is 1. The van der Waals surface area contributed by atoms with Gasteiger partial charge in [-0.2, -0.15) is 5.10 Å². The molecule has 0 bridgehead atoms. The molecule has 1 aromatic heterocycles. The molecule has 5 heteroatoms. The Morgan fingerprint density at radius 2 is 2.31 bits per heavy atom. The maximum atomic E-state index is 10.7. The lowest BCUT2D eigenvalue weighted by Crippen LogP contribution is -1.96. The lowest BCUT2D eigenvalue weighted by molar-refractivity contribution is 0.0697. The van der Waals surface area contributed by atoms with E-state index in [1.54, 1.807) is 12.3 Å². The molecule has 2 rings (SSSR count). The molecule has 0 aliphatic heterocycles. The molecule has 0 saturated heterocycles. The maximum Gasteiger partial charge on any atom is 0.337 e. The standard InChI is InChI=1S/C8H5ClN2O2/c9-6-2-7-4(3-10-11-7)1-5(6)8(12)13/h1-3H,(H,10,11)(H,12,13). The number of nitrogens with one attached hydrogen (secondary N) is 1. The normalized spacial score (nSPS) is 10.5. The molecule has 2 aromatic rings. The minimum atomic E-state index is -1.03. The van der Waals surface area contributed by atoms with Gasteiger partial charge in [-0.15, -0.1) is 0 Å². The van der Waals surface area contributed by atoms with Gasteiger partial charge in [-0.25, -0.2) is 4.79 Å². The van der Waals surface area contributed by atoms with Crippen LogP contribution in [-0.2, 0) is 0 Å². The van der Waals surface area contributed by atoms with Crippen LogP contribution in [0.4, 0.5) is 0 Å². The molecular weight excluding hydrogens is 192 g/mol. The van der Waals surface area contributed by atoms with E-state index >= 15 is 0 Å². The summed E-state index contributed by atoms with van der Waals surface area (Å²) < 4.78 is 0. The van der Waals surface area contributed by atoms with Crippen molar-refractivity contribution in [2.45, 2.75) is 0 Å². The number of hydrogen-bond donors (Lipinski definition) is 2. The van der Waals surface area contributed by atoms with Gasteiger partial charge in [-0.05, 0) is 12.1 Å². The predicted octanol–water partition coefficient (Wildman–Crippen LogP) is 1.91. The van der Waals surface area contributed by atoms with E-state index in [2.05, 4.69) is 10.2 Å². The van der Waals surface area contributed by atoms with Gasteiger partial charge in [0.25, 0.3) is 0 Å². The number of nitrogens with zero attached hydrogens (tertiary/aromatic N) is 1. The molecule has 66 valence electrons.